The molecule has 0 saturated carbocycles. The van der Waals surface area contributed by atoms with Crippen molar-refractivity contribution in [3.63, 3.8) is 0 Å². The first-order valence-electron chi connectivity index (χ1n) is 9.31. The molecule has 1 saturated heterocycles. The lowest BCUT2D eigenvalue weighted by atomic mass is 9.97. The highest BCUT2D eigenvalue weighted by Crippen LogP contribution is 2.27. The molecular formula is C20H27ClN4O2. The van der Waals surface area contributed by atoms with Gasteiger partial charge in [0.2, 0.25) is 5.91 Å². The lowest BCUT2D eigenvalue weighted by Gasteiger charge is -2.31. The zero-order chi connectivity index (χ0) is 19.4. The number of carbonyl (C=O) groups is 1. The molecule has 1 fully saturated rings. The average Bonchev–Trinajstić information content (AvgIpc) is 2.94. The van der Waals surface area contributed by atoms with Crippen molar-refractivity contribution >= 4 is 23.2 Å². The quantitative estimate of drug-likeness (QED) is 0.819. The van der Waals surface area contributed by atoms with Crippen LogP contribution in [-0.2, 0) is 11.3 Å². The molecule has 0 aliphatic carbocycles. The summed E-state index contributed by atoms with van der Waals surface area (Å²) in [4.78, 5) is 14.6. The summed E-state index contributed by atoms with van der Waals surface area (Å²) in [7, 11) is 1.58. The van der Waals surface area contributed by atoms with E-state index < -0.39 is 0 Å². The first-order valence-corrected chi connectivity index (χ1v) is 9.69. The number of methoxy groups -OCH3 is 1. The van der Waals surface area contributed by atoms with Crippen LogP contribution in [0.15, 0.2) is 24.3 Å². The molecule has 1 aliphatic heterocycles. The van der Waals surface area contributed by atoms with Gasteiger partial charge in [0.25, 0.3) is 0 Å². The summed E-state index contributed by atoms with van der Waals surface area (Å²) in [6.07, 6.45) is 2.15. The van der Waals surface area contributed by atoms with Gasteiger partial charge in [0, 0.05) is 17.3 Å². The van der Waals surface area contributed by atoms with Crippen molar-refractivity contribution in [3.05, 3.63) is 40.7 Å². The summed E-state index contributed by atoms with van der Waals surface area (Å²) in [5.41, 5.74) is 2.89. The Morgan fingerprint density at radius 1 is 1.30 bits per heavy atom. The number of anilines is 1. The molecule has 1 aromatic heterocycles. The number of aryl methyl sites for hydroxylation is 2. The molecule has 7 heteroatoms. The number of halogens is 1. The smallest absolute Gasteiger partial charge is 0.238 e. The van der Waals surface area contributed by atoms with Gasteiger partial charge in [-0.3, -0.25) is 14.4 Å². The van der Waals surface area contributed by atoms with E-state index in [0.29, 0.717) is 28.9 Å². The van der Waals surface area contributed by atoms with Crippen LogP contribution in [0.1, 0.15) is 24.2 Å². The van der Waals surface area contributed by atoms with Gasteiger partial charge in [-0.15, -0.1) is 0 Å². The Bertz CT molecular complexity index is 797. The van der Waals surface area contributed by atoms with Crippen molar-refractivity contribution in [2.45, 2.75) is 33.2 Å². The van der Waals surface area contributed by atoms with Crippen LogP contribution in [0, 0.1) is 19.8 Å². The normalized spacial score (nSPS) is 15.7. The number of nitrogens with one attached hydrogen (secondary N) is 1. The first-order chi connectivity index (χ1) is 12.9. The SMILES string of the molecule is COc1ccc(Cl)cc1NC(=O)CN1CCC(Cn2nc(C)cc2C)CC1. The molecule has 146 valence electrons. The van der Waals surface area contributed by atoms with E-state index in [1.54, 1.807) is 25.3 Å². The molecule has 0 radical (unpaired) electrons. The lowest BCUT2D eigenvalue weighted by molar-refractivity contribution is -0.117. The lowest BCUT2D eigenvalue weighted by Crippen LogP contribution is -2.40. The van der Waals surface area contributed by atoms with Crippen LogP contribution in [0.5, 0.6) is 5.75 Å². The Labute approximate surface area is 165 Å². The fourth-order valence-electron chi connectivity index (χ4n) is 3.60. The van der Waals surface area contributed by atoms with Crippen LogP contribution < -0.4 is 10.1 Å². The largest absolute Gasteiger partial charge is 0.495 e. The Balaban J connectivity index is 1.48. The first kappa shape index (κ1) is 19.7. The number of aromatic nitrogens is 2. The number of amides is 1. The second-order valence-electron chi connectivity index (χ2n) is 7.22. The second kappa shape index (κ2) is 8.76. The molecule has 6 nitrogen and oxygen atoms in total. The van der Waals surface area contributed by atoms with Crippen LogP contribution in [0.25, 0.3) is 0 Å². The number of hydrogen-bond acceptors (Lipinski definition) is 4. The van der Waals surface area contributed by atoms with Crippen molar-refractivity contribution in [2.24, 2.45) is 5.92 Å². The molecule has 0 unspecified atom stereocenters. The van der Waals surface area contributed by atoms with E-state index in [2.05, 4.69) is 33.0 Å². The summed E-state index contributed by atoms with van der Waals surface area (Å²) in [6.45, 7) is 7.30. The number of likely N-dealkylation sites (tertiary alicyclic amines) is 1. The Morgan fingerprint density at radius 2 is 2.04 bits per heavy atom. The summed E-state index contributed by atoms with van der Waals surface area (Å²) < 4.78 is 7.38. The van der Waals surface area contributed by atoms with E-state index in [-0.39, 0.29) is 5.91 Å². The number of carbonyl (C=O) groups excluding carboxylic acids is 1. The second-order valence-corrected chi connectivity index (χ2v) is 7.66. The van der Waals surface area contributed by atoms with Gasteiger partial charge in [-0.05, 0) is 70.0 Å². The third kappa shape index (κ3) is 5.23. The van der Waals surface area contributed by atoms with Gasteiger partial charge >= 0.3 is 0 Å². The highest BCUT2D eigenvalue weighted by atomic mass is 35.5. The Kier molecular flexibility index (Phi) is 6.39. The molecule has 27 heavy (non-hydrogen) atoms. The maximum Gasteiger partial charge on any atom is 0.238 e. The number of piperidine rings is 1. The predicted octanol–water partition coefficient (Wildman–Crippen LogP) is 3.51. The van der Waals surface area contributed by atoms with Crippen LogP contribution in [0.2, 0.25) is 5.02 Å². The van der Waals surface area contributed by atoms with Gasteiger partial charge < -0.3 is 10.1 Å². The standard InChI is InChI=1S/C20H27ClN4O2/c1-14-10-15(2)25(23-14)12-16-6-8-24(9-7-16)13-20(26)22-18-11-17(21)4-5-19(18)27-3/h4-5,10-11,16H,6-9,12-13H2,1-3H3,(H,22,26). The average molecular weight is 391 g/mol. The van der Waals surface area contributed by atoms with Gasteiger partial charge in [0.15, 0.2) is 0 Å². The summed E-state index contributed by atoms with van der Waals surface area (Å²) >= 11 is 6.02. The summed E-state index contributed by atoms with van der Waals surface area (Å²) in [5, 5.41) is 8.03. The fourth-order valence-corrected chi connectivity index (χ4v) is 3.77. The van der Waals surface area contributed by atoms with Crippen molar-refractivity contribution in [3.8, 4) is 5.75 Å². The van der Waals surface area contributed by atoms with Gasteiger partial charge in [-0.1, -0.05) is 11.6 Å². The molecule has 0 bridgehead atoms. The van der Waals surface area contributed by atoms with Crippen LogP contribution in [0.3, 0.4) is 0 Å². The van der Waals surface area contributed by atoms with Gasteiger partial charge in [0.05, 0.1) is 25.0 Å². The molecule has 3 rings (SSSR count). The van der Waals surface area contributed by atoms with Crippen LogP contribution in [0.4, 0.5) is 5.69 Å². The van der Waals surface area contributed by atoms with Crippen LogP contribution >= 0.6 is 11.6 Å². The molecule has 1 aromatic carbocycles. The van der Waals surface area contributed by atoms with Crippen molar-refractivity contribution in [1.82, 2.24) is 14.7 Å². The molecule has 1 amide bonds. The minimum atomic E-state index is -0.0486. The maximum atomic E-state index is 12.4. The van der Waals surface area contributed by atoms with E-state index >= 15 is 0 Å². The monoisotopic (exact) mass is 390 g/mol. The van der Waals surface area contributed by atoms with Gasteiger partial charge in [-0.25, -0.2) is 0 Å². The van der Waals surface area contributed by atoms with E-state index in [1.165, 1.54) is 5.69 Å². The molecule has 2 aromatic rings. The number of rotatable bonds is 6. The topological polar surface area (TPSA) is 59.4 Å². The van der Waals surface area contributed by atoms with Crippen molar-refractivity contribution in [1.29, 1.82) is 0 Å². The van der Waals surface area contributed by atoms with Crippen molar-refractivity contribution in [2.75, 3.05) is 32.1 Å². The minimum Gasteiger partial charge on any atom is -0.495 e. The highest BCUT2D eigenvalue weighted by Gasteiger charge is 2.22. The number of hydrogen-bond donors (Lipinski definition) is 1. The Morgan fingerprint density at radius 3 is 2.67 bits per heavy atom. The van der Waals surface area contributed by atoms with Gasteiger partial charge in [0.1, 0.15) is 5.75 Å². The number of benzene rings is 1. The fraction of sp³-hybridized carbons (Fsp3) is 0.500. The number of nitrogens with zero attached hydrogens (tertiary/aromatic N) is 3. The van der Waals surface area contributed by atoms with E-state index in [9.17, 15) is 4.79 Å². The zero-order valence-corrected chi connectivity index (χ0v) is 16.9. The molecular weight excluding hydrogens is 364 g/mol. The summed E-state index contributed by atoms with van der Waals surface area (Å²) in [6, 6.07) is 7.31. The molecule has 1 aliphatic rings. The maximum absolute atomic E-state index is 12.4. The molecule has 1 N–H and O–H groups in total. The third-order valence-corrected chi connectivity index (χ3v) is 5.28. The molecule has 0 atom stereocenters. The van der Waals surface area contributed by atoms with Gasteiger partial charge in [-0.2, -0.15) is 5.10 Å². The minimum absolute atomic E-state index is 0.0486. The molecule has 2 heterocycles. The summed E-state index contributed by atoms with van der Waals surface area (Å²) in [5.74, 6) is 1.17. The highest BCUT2D eigenvalue weighted by molar-refractivity contribution is 6.31. The van der Waals surface area contributed by atoms with Crippen molar-refractivity contribution < 1.29 is 9.53 Å². The zero-order valence-electron chi connectivity index (χ0n) is 16.2. The predicted molar refractivity (Wildman–Crippen MR) is 107 cm³/mol. The van der Waals surface area contributed by atoms with E-state index in [1.807, 2.05) is 6.92 Å². The van der Waals surface area contributed by atoms with Crippen LogP contribution in [-0.4, -0.2) is 47.3 Å². The molecule has 0 spiro atoms. The number of ether oxygens (including phenoxy) is 1. The third-order valence-electron chi connectivity index (χ3n) is 5.04. The van der Waals surface area contributed by atoms with E-state index in [4.69, 9.17) is 16.3 Å². The Hall–Kier alpha value is -2.05. The van der Waals surface area contributed by atoms with E-state index in [0.717, 1.165) is 38.2 Å².